The van der Waals surface area contributed by atoms with Gasteiger partial charge in [0, 0.05) is 33.9 Å². The predicted molar refractivity (Wildman–Crippen MR) is 145 cm³/mol. The zero-order valence-electron chi connectivity index (χ0n) is 19.9. The van der Waals surface area contributed by atoms with Crippen molar-refractivity contribution < 1.29 is 18.1 Å². The standard InChI is InChI=1S/C25H21BrN6O5S/c1-17-2-12-23(13-3-17)38(36,37)28-15-24(33)29-27-14-19-16-31(21-8-10-22(11-9-21)32(34)35)30-25(19)18-4-6-20(26)7-5-18/h2-14,16,28H,15H2,1H3,(H,29,33)/b27-14+. The van der Waals surface area contributed by atoms with E-state index in [1.54, 1.807) is 35.1 Å². The highest BCUT2D eigenvalue weighted by molar-refractivity contribution is 9.10. The van der Waals surface area contributed by atoms with Gasteiger partial charge in [-0.3, -0.25) is 14.9 Å². The van der Waals surface area contributed by atoms with Crippen molar-refractivity contribution >= 4 is 43.8 Å². The number of nitro groups is 1. The number of nitro benzene ring substituents is 1. The van der Waals surface area contributed by atoms with E-state index in [2.05, 4.69) is 36.3 Å². The van der Waals surface area contributed by atoms with Crippen molar-refractivity contribution in [2.45, 2.75) is 11.8 Å². The number of carbonyl (C=O) groups excluding carboxylic acids is 1. The average molecular weight is 597 g/mol. The molecular formula is C25H21BrN6O5S. The summed E-state index contributed by atoms with van der Waals surface area (Å²) in [6, 6.07) is 19.5. The van der Waals surface area contributed by atoms with Crippen LogP contribution in [0.15, 0.2) is 93.5 Å². The maximum atomic E-state index is 12.4. The number of aromatic nitrogens is 2. The Labute approximate surface area is 226 Å². The van der Waals surface area contributed by atoms with Gasteiger partial charge in [-0.2, -0.15) is 10.2 Å². The molecule has 0 spiro atoms. The highest BCUT2D eigenvalue weighted by Crippen LogP contribution is 2.25. The van der Waals surface area contributed by atoms with Gasteiger partial charge in [-0.05, 0) is 43.3 Å². The van der Waals surface area contributed by atoms with E-state index in [4.69, 9.17) is 0 Å². The Morgan fingerprint density at radius 3 is 2.37 bits per heavy atom. The van der Waals surface area contributed by atoms with Gasteiger partial charge < -0.3 is 0 Å². The van der Waals surface area contributed by atoms with Crippen LogP contribution in [0.25, 0.3) is 16.9 Å². The first kappa shape index (κ1) is 26.9. The molecule has 4 rings (SSSR count). The summed E-state index contributed by atoms with van der Waals surface area (Å²) in [5.41, 5.74) is 5.63. The van der Waals surface area contributed by atoms with Crippen molar-refractivity contribution in [2.24, 2.45) is 5.10 Å². The van der Waals surface area contributed by atoms with Crippen LogP contribution in [0.1, 0.15) is 11.1 Å². The molecule has 0 atom stereocenters. The number of aryl methyl sites for hydroxylation is 1. The number of non-ortho nitro benzene ring substituents is 1. The van der Waals surface area contributed by atoms with Gasteiger partial charge in [-0.25, -0.2) is 23.2 Å². The minimum atomic E-state index is -3.85. The zero-order valence-corrected chi connectivity index (χ0v) is 22.3. The number of nitrogens with one attached hydrogen (secondary N) is 2. The van der Waals surface area contributed by atoms with E-state index >= 15 is 0 Å². The van der Waals surface area contributed by atoms with Gasteiger partial charge >= 0.3 is 0 Å². The molecular weight excluding hydrogens is 576 g/mol. The minimum absolute atomic E-state index is 0.0449. The molecule has 13 heteroatoms. The number of hydrogen-bond donors (Lipinski definition) is 2. The van der Waals surface area contributed by atoms with Gasteiger partial charge in [-0.15, -0.1) is 0 Å². The molecule has 3 aromatic carbocycles. The first-order chi connectivity index (χ1) is 18.1. The Balaban J connectivity index is 1.50. The fraction of sp³-hybridized carbons (Fsp3) is 0.0800. The second kappa shape index (κ2) is 11.5. The molecule has 2 N–H and O–H groups in total. The van der Waals surface area contributed by atoms with Crippen molar-refractivity contribution in [2.75, 3.05) is 6.54 Å². The smallest absolute Gasteiger partial charge is 0.269 e. The summed E-state index contributed by atoms with van der Waals surface area (Å²) in [5.74, 6) is -0.662. The number of hydrogen-bond acceptors (Lipinski definition) is 7. The second-order valence-corrected chi connectivity index (χ2v) is 10.8. The van der Waals surface area contributed by atoms with Gasteiger partial charge in [0.15, 0.2) is 0 Å². The summed E-state index contributed by atoms with van der Waals surface area (Å²) >= 11 is 3.40. The molecule has 0 aliphatic carbocycles. The molecule has 1 aromatic heterocycles. The Morgan fingerprint density at radius 2 is 1.74 bits per heavy atom. The number of sulfonamides is 1. The van der Waals surface area contributed by atoms with Gasteiger partial charge in [-0.1, -0.05) is 45.8 Å². The number of carbonyl (C=O) groups is 1. The third-order valence-corrected chi connectivity index (χ3v) is 7.28. The lowest BCUT2D eigenvalue weighted by Crippen LogP contribution is -2.34. The third kappa shape index (κ3) is 6.56. The lowest BCUT2D eigenvalue weighted by molar-refractivity contribution is -0.384. The highest BCUT2D eigenvalue weighted by atomic mass is 79.9. The maximum absolute atomic E-state index is 12.4. The summed E-state index contributed by atoms with van der Waals surface area (Å²) in [4.78, 5) is 22.8. The molecule has 0 fully saturated rings. The maximum Gasteiger partial charge on any atom is 0.269 e. The van der Waals surface area contributed by atoms with Crippen LogP contribution in [0.5, 0.6) is 0 Å². The van der Waals surface area contributed by atoms with Crippen LogP contribution in [-0.4, -0.2) is 41.8 Å². The largest absolute Gasteiger partial charge is 0.272 e. The molecule has 1 heterocycles. The predicted octanol–water partition coefficient (Wildman–Crippen LogP) is 3.95. The summed E-state index contributed by atoms with van der Waals surface area (Å²) in [5, 5.41) is 19.5. The van der Waals surface area contributed by atoms with Gasteiger partial charge in [0.25, 0.3) is 11.6 Å². The lowest BCUT2D eigenvalue weighted by Gasteiger charge is -2.06. The summed E-state index contributed by atoms with van der Waals surface area (Å²) in [7, 11) is -3.85. The van der Waals surface area contributed by atoms with E-state index in [0.717, 1.165) is 15.6 Å². The van der Waals surface area contributed by atoms with Crippen molar-refractivity contribution in [3.8, 4) is 16.9 Å². The molecule has 1 amide bonds. The minimum Gasteiger partial charge on any atom is -0.272 e. The first-order valence-corrected chi connectivity index (χ1v) is 13.4. The Bertz CT molecular complexity index is 1600. The fourth-order valence-corrected chi connectivity index (χ4v) is 4.59. The van der Waals surface area contributed by atoms with Crippen LogP contribution >= 0.6 is 15.9 Å². The SMILES string of the molecule is Cc1ccc(S(=O)(=O)NCC(=O)N/N=C/c2cn(-c3ccc([N+](=O)[O-])cc3)nc2-c2ccc(Br)cc2)cc1. The van der Waals surface area contributed by atoms with Crippen LogP contribution in [0.2, 0.25) is 0 Å². The molecule has 11 nitrogen and oxygen atoms in total. The molecule has 0 saturated carbocycles. The van der Waals surface area contributed by atoms with Crippen LogP contribution in [-0.2, 0) is 14.8 Å². The average Bonchev–Trinajstić information content (AvgIpc) is 3.32. The van der Waals surface area contributed by atoms with E-state index < -0.39 is 27.4 Å². The molecule has 0 bridgehead atoms. The second-order valence-electron chi connectivity index (χ2n) is 8.09. The third-order valence-electron chi connectivity index (χ3n) is 5.33. The van der Waals surface area contributed by atoms with Crippen LogP contribution in [0.3, 0.4) is 0 Å². The van der Waals surface area contributed by atoms with Gasteiger partial charge in [0.05, 0.1) is 28.3 Å². The molecule has 0 radical (unpaired) electrons. The van der Waals surface area contributed by atoms with Crippen LogP contribution in [0.4, 0.5) is 5.69 Å². The van der Waals surface area contributed by atoms with Gasteiger partial charge in [0.1, 0.15) is 5.69 Å². The number of amides is 1. The number of rotatable bonds is 9. The van der Waals surface area contributed by atoms with E-state index in [-0.39, 0.29) is 10.6 Å². The molecule has 0 aliphatic heterocycles. The van der Waals surface area contributed by atoms with Crippen LogP contribution < -0.4 is 10.1 Å². The Morgan fingerprint density at radius 1 is 1.08 bits per heavy atom. The molecule has 38 heavy (non-hydrogen) atoms. The summed E-state index contributed by atoms with van der Waals surface area (Å²) in [6.07, 6.45) is 3.05. The monoisotopic (exact) mass is 596 g/mol. The molecule has 0 unspecified atom stereocenters. The van der Waals surface area contributed by atoms with E-state index in [9.17, 15) is 23.3 Å². The zero-order chi connectivity index (χ0) is 27.3. The number of nitrogens with zero attached hydrogens (tertiary/aromatic N) is 4. The van der Waals surface area contributed by atoms with Crippen molar-refractivity contribution in [1.82, 2.24) is 19.9 Å². The van der Waals surface area contributed by atoms with Crippen molar-refractivity contribution in [3.63, 3.8) is 0 Å². The van der Waals surface area contributed by atoms with E-state index in [0.29, 0.717) is 16.9 Å². The molecule has 0 aliphatic rings. The highest BCUT2D eigenvalue weighted by Gasteiger charge is 2.16. The number of hydrazone groups is 1. The number of halogens is 1. The lowest BCUT2D eigenvalue weighted by atomic mass is 10.1. The fourth-order valence-electron chi connectivity index (χ4n) is 3.35. The molecule has 194 valence electrons. The molecule has 0 saturated heterocycles. The Kier molecular flexibility index (Phi) is 8.10. The van der Waals surface area contributed by atoms with Crippen LogP contribution in [0, 0.1) is 17.0 Å². The van der Waals surface area contributed by atoms with E-state index in [1.165, 1.54) is 30.5 Å². The van der Waals surface area contributed by atoms with E-state index in [1.807, 2.05) is 31.2 Å². The quantitative estimate of drug-likeness (QED) is 0.170. The Hall–Kier alpha value is -4.20. The van der Waals surface area contributed by atoms with Gasteiger partial charge in [0.2, 0.25) is 10.0 Å². The normalized spacial score (nSPS) is 11.5. The topological polar surface area (TPSA) is 149 Å². The van der Waals surface area contributed by atoms with Crippen molar-refractivity contribution in [1.29, 1.82) is 0 Å². The molecule has 4 aromatic rings. The van der Waals surface area contributed by atoms with Crippen molar-refractivity contribution in [3.05, 3.63) is 105 Å². The summed E-state index contributed by atoms with van der Waals surface area (Å²) in [6.45, 7) is 1.34. The summed E-state index contributed by atoms with van der Waals surface area (Å²) < 4.78 is 29.4. The first-order valence-electron chi connectivity index (χ1n) is 11.1. The number of benzene rings is 3.